The Labute approximate surface area is 106 Å². The first-order valence-corrected chi connectivity index (χ1v) is 7.32. The van der Waals surface area contributed by atoms with Gasteiger partial charge in [-0.25, -0.2) is 0 Å². The number of rotatable bonds is 5. The second-order valence-corrected chi connectivity index (χ2v) is 6.03. The van der Waals surface area contributed by atoms with Crippen LogP contribution < -0.4 is 10.6 Å². The summed E-state index contributed by atoms with van der Waals surface area (Å²) < 4.78 is 5.69. The Hall–Kier alpha value is -0.120. The molecule has 2 fully saturated rings. The van der Waals surface area contributed by atoms with Crippen LogP contribution in [0.25, 0.3) is 0 Å². The van der Waals surface area contributed by atoms with Gasteiger partial charge in [-0.05, 0) is 31.2 Å². The first-order valence-electron chi connectivity index (χ1n) is 7.32. The van der Waals surface area contributed by atoms with Gasteiger partial charge >= 0.3 is 0 Å². The van der Waals surface area contributed by atoms with Crippen LogP contribution in [0.4, 0.5) is 0 Å². The minimum absolute atomic E-state index is 0.426. The molecule has 1 atom stereocenters. The van der Waals surface area contributed by atoms with Gasteiger partial charge in [0.05, 0.1) is 12.7 Å². The second-order valence-electron chi connectivity index (χ2n) is 6.03. The zero-order valence-corrected chi connectivity index (χ0v) is 11.3. The number of hydrogen-bond donors (Lipinski definition) is 2. The van der Waals surface area contributed by atoms with Crippen LogP contribution in [0.5, 0.6) is 0 Å². The van der Waals surface area contributed by atoms with E-state index in [0.717, 1.165) is 32.7 Å². The van der Waals surface area contributed by atoms with Crippen LogP contribution in [0, 0.1) is 5.41 Å². The molecule has 1 unspecified atom stereocenters. The monoisotopic (exact) mass is 240 g/mol. The van der Waals surface area contributed by atoms with E-state index in [0.29, 0.717) is 11.5 Å². The number of morpholine rings is 1. The lowest BCUT2D eigenvalue weighted by Gasteiger charge is -2.34. The molecule has 0 aromatic heterocycles. The topological polar surface area (TPSA) is 33.3 Å². The molecule has 100 valence electrons. The molecule has 0 aromatic carbocycles. The van der Waals surface area contributed by atoms with Crippen molar-refractivity contribution in [1.29, 1.82) is 0 Å². The molecule has 0 bridgehead atoms. The van der Waals surface area contributed by atoms with Gasteiger partial charge in [-0.15, -0.1) is 0 Å². The van der Waals surface area contributed by atoms with Crippen LogP contribution in [0.1, 0.15) is 45.4 Å². The van der Waals surface area contributed by atoms with E-state index >= 15 is 0 Å². The van der Waals surface area contributed by atoms with E-state index < -0.39 is 0 Å². The highest BCUT2D eigenvalue weighted by Gasteiger charge is 2.26. The van der Waals surface area contributed by atoms with E-state index in [2.05, 4.69) is 17.6 Å². The van der Waals surface area contributed by atoms with Gasteiger partial charge in [0.25, 0.3) is 0 Å². The Morgan fingerprint density at radius 3 is 2.82 bits per heavy atom. The van der Waals surface area contributed by atoms with Crippen molar-refractivity contribution in [3.63, 3.8) is 0 Å². The molecule has 17 heavy (non-hydrogen) atoms. The summed E-state index contributed by atoms with van der Waals surface area (Å²) in [6, 6.07) is 0. The molecule has 3 nitrogen and oxygen atoms in total. The maximum atomic E-state index is 5.69. The molecule has 1 aliphatic carbocycles. The van der Waals surface area contributed by atoms with E-state index in [-0.39, 0.29) is 0 Å². The maximum Gasteiger partial charge on any atom is 0.0712 e. The van der Waals surface area contributed by atoms with Gasteiger partial charge in [0.2, 0.25) is 0 Å². The second kappa shape index (κ2) is 6.72. The molecule has 0 radical (unpaired) electrons. The van der Waals surface area contributed by atoms with E-state index in [1.165, 1.54) is 38.6 Å². The first kappa shape index (κ1) is 13.3. The number of ether oxygens (including phenoxy) is 1. The third-order valence-corrected chi connectivity index (χ3v) is 4.26. The Morgan fingerprint density at radius 1 is 1.29 bits per heavy atom. The molecule has 0 spiro atoms. The molecular weight excluding hydrogens is 212 g/mol. The van der Waals surface area contributed by atoms with Crippen molar-refractivity contribution in [3.8, 4) is 0 Å². The molecule has 0 aromatic rings. The van der Waals surface area contributed by atoms with E-state index in [1.54, 1.807) is 0 Å². The summed E-state index contributed by atoms with van der Waals surface area (Å²) in [5.41, 5.74) is 0.559. The molecule has 2 aliphatic rings. The van der Waals surface area contributed by atoms with Crippen LogP contribution >= 0.6 is 0 Å². The van der Waals surface area contributed by atoms with Crippen LogP contribution in [-0.4, -0.2) is 38.9 Å². The highest BCUT2D eigenvalue weighted by molar-refractivity contribution is 4.80. The minimum Gasteiger partial charge on any atom is -0.376 e. The highest BCUT2D eigenvalue weighted by Crippen LogP contribution is 2.34. The van der Waals surface area contributed by atoms with Gasteiger partial charge in [0.1, 0.15) is 0 Å². The van der Waals surface area contributed by atoms with Gasteiger partial charge in [-0.2, -0.15) is 0 Å². The molecular formula is C14H28N2O. The summed E-state index contributed by atoms with van der Waals surface area (Å²) in [5, 5.41) is 7.01. The van der Waals surface area contributed by atoms with Gasteiger partial charge < -0.3 is 15.4 Å². The number of hydrogen-bond acceptors (Lipinski definition) is 3. The maximum absolute atomic E-state index is 5.69. The van der Waals surface area contributed by atoms with Crippen LogP contribution in [0.2, 0.25) is 0 Å². The highest BCUT2D eigenvalue weighted by atomic mass is 16.5. The normalized spacial score (nSPS) is 29.1. The average molecular weight is 240 g/mol. The van der Waals surface area contributed by atoms with Crippen molar-refractivity contribution in [2.45, 2.75) is 51.6 Å². The standard InChI is InChI=1S/C14H28N2O/c1-14(6-3-2-4-7-14)12-16-8-5-13-11-15-9-10-17-13/h13,15-16H,2-12H2,1H3. The van der Waals surface area contributed by atoms with Gasteiger partial charge in [-0.3, -0.25) is 0 Å². The average Bonchev–Trinajstić information content (AvgIpc) is 2.37. The summed E-state index contributed by atoms with van der Waals surface area (Å²) in [5.74, 6) is 0. The summed E-state index contributed by atoms with van der Waals surface area (Å²) >= 11 is 0. The smallest absolute Gasteiger partial charge is 0.0712 e. The van der Waals surface area contributed by atoms with Crippen molar-refractivity contribution in [1.82, 2.24) is 10.6 Å². The fourth-order valence-corrected chi connectivity index (χ4v) is 3.04. The predicted octanol–water partition coefficient (Wildman–Crippen LogP) is 1.92. The largest absolute Gasteiger partial charge is 0.376 e. The molecule has 0 amide bonds. The molecule has 1 heterocycles. The fraction of sp³-hybridized carbons (Fsp3) is 1.00. The molecule has 2 N–H and O–H groups in total. The summed E-state index contributed by atoms with van der Waals surface area (Å²) in [6.45, 7) is 7.65. The third-order valence-electron chi connectivity index (χ3n) is 4.26. The molecule has 3 heteroatoms. The minimum atomic E-state index is 0.426. The predicted molar refractivity (Wildman–Crippen MR) is 71.3 cm³/mol. The Balaban J connectivity index is 1.55. The van der Waals surface area contributed by atoms with Crippen molar-refractivity contribution in [2.24, 2.45) is 5.41 Å². The first-order chi connectivity index (χ1) is 8.29. The van der Waals surface area contributed by atoms with Gasteiger partial charge in [-0.1, -0.05) is 26.2 Å². The SMILES string of the molecule is CC1(CNCCC2CNCCO2)CCCCC1. The van der Waals surface area contributed by atoms with E-state index in [1.807, 2.05) is 0 Å². The Kier molecular flexibility index (Phi) is 5.26. The van der Waals surface area contributed by atoms with Crippen LogP contribution in [0.15, 0.2) is 0 Å². The van der Waals surface area contributed by atoms with E-state index in [4.69, 9.17) is 4.74 Å². The zero-order chi connectivity index (χ0) is 12.0. The molecule has 1 aliphatic heterocycles. The lowest BCUT2D eigenvalue weighted by atomic mass is 9.76. The quantitative estimate of drug-likeness (QED) is 0.720. The lowest BCUT2D eigenvalue weighted by Crippen LogP contribution is -2.41. The van der Waals surface area contributed by atoms with Crippen molar-refractivity contribution in [3.05, 3.63) is 0 Å². The Bertz CT molecular complexity index is 208. The van der Waals surface area contributed by atoms with Crippen LogP contribution in [-0.2, 0) is 4.74 Å². The summed E-state index contributed by atoms with van der Waals surface area (Å²) in [4.78, 5) is 0. The van der Waals surface area contributed by atoms with Crippen molar-refractivity contribution in [2.75, 3.05) is 32.8 Å². The van der Waals surface area contributed by atoms with Gasteiger partial charge in [0, 0.05) is 19.6 Å². The van der Waals surface area contributed by atoms with E-state index in [9.17, 15) is 0 Å². The van der Waals surface area contributed by atoms with Crippen LogP contribution in [0.3, 0.4) is 0 Å². The molecule has 1 saturated carbocycles. The molecule has 2 rings (SSSR count). The molecule has 1 saturated heterocycles. The zero-order valence-electron chi connectivity index (χ0n) is 11.3. The van der Waals surface area contributed by atoms with Crippen molar-refractivity contribution < 1.29 is 4.74 Å². The lowest BCUT2D eigenvalue weighted by molar-refractivity contribution is 0.0233. The number of nitrogens with one attached hydrogen (secondary N) is 2. The van der Waals surface area contributed by atoms with Gasteiger partial charge in [0.15, 0.2) is 0 Å². The summed E-state index contributed by atoms with van der Waals surface area (Å²) in [7, 11) is 0. The van der Waals surface area contributed by atoms with Crippen molar-refractivity contribution >= 4 is 0 Å². The third kappa shape index (κ3) is 4.57. The fourth-order valence-electron chi connectivity index (χ4n) is 3.04. The Morgan fingerprint density at radius 2 is 2.12 bits per heavy atom. The summed E-state index contributed by atoms with van der Waals surface area (Å²) in [6.07, 6.45) is 8.67.